The van der Waals surface area contributed by atoms with Crippen LogP contribution in [-0.2, 0) is 51.1 Å². The third-order valence-corrected chi connectivity index (χ3v) is 10.5. The van der Waals surface area contributed by atoms with E-state index in [0.29, 0.717) is 18.7 Å². The molecule has 6 heterocycles. The lowest BCUT2D eigenvalue weighted by Crippen LogP contribution is -2.60. The molecule has 2 aromatic carbocycles. The Balaban J connectivity index is 0.910. The smallest absolute Gasteiger partial charge is 0.336 e. The highest BCUT2D eigenvalue weighted by Gasteiger charge is 2.65. The van der Waals surface area contributed by atoms with Crippen LogP contribution in [0.4, 0.5) is 5.69 Å². The Morgan fingerprint density at radius 1 is 1.00 bits per heavy atom. The minimum atomic E-state index is -4.15. The summed E-state index contributed by atoms with van der Waals surface area (Å²) in [6.45, 7) is 8.49. The van der Waals surface area contributed by atoms with E-state index in [1.165, 1.54) is 5.56 Å². The molecule has 2 N–H and O–H groups in total. The lowest BCUT2D eigenvalue weighted by Gasteiger charge is -2.40. The molecule has 1 aromatic heterocycles. The number of methoxy groups -OCH3 is 1. The van der Waals surface area contributed by atoms with Gasteiger partial charge in [-0.25, -0.2) is 0 Å². The van der Waals surface area contributed by atoms with Crippen LogP contribution in [-0.4, -0.2) is 84.3 Å². The second-order valence-corrected chi connectivity index (χ2v) is 15.2. The van der Waals surface area contributed by atoms with Crippen molar-refractivity contribution in [3.8, 4) is 28.5 Å². The number of benzene rings is 2. The van der Waals surface area contributed by atoms with Gasteiger partial charge in [-0.3, -0.25) is 4.18 Å². The number of hydrogen-bond acceptors (Lipinski definition) is 12. The van der Waals surface area contributed by atoms with Crippen LogP contribution < -0.4 is 28.8 Å². The van der Waals surface area contributed by atoms with E-state index in [2.05, 4.69) is 39.0 Å². The number of anilines is 1. The van der Waals surface area contributed by atoms with E-state index < -0.39 is 46.5 Å². The number of aromatic nitrogens is 1. The molecule has 0 spiro atoms. The molecule has 0 radical (unpaired) electrons. The van der Waals surface area contributed by atoms with E-state index in [1.54, 1.807) is 21.0 Å². The zero-order valence-corrected chi connectivity index (χ0v) is 29.0. The molecule has 0 bridgehead atoms. The number of nitrogens with one attached hydrogen (secondary N) is 2. The van der Waals surface area contributed by atoms with Crippen molar-refractivity contribution < 1.29 is 55.1 Å². The summed E-state index contributed by atoms with van der Waals surface area (Å²) in [6, 6.07) is 10.3. The van der Waals surface area contributed by atoms with Crippen LogP contribution in [0.1, 0.15) is 39.7 Å². The third-order valence-electron chi connectivity index (χ3n) is 9.47. The number of ether oxygens (including phenoxy) is 8. The molecule has 0 aliphatic carbocycles. The standard InChI is InChI=1S/C34H41N3O11S/c1-32(2)45-28-17-43-34(31(30(28)46-32)47-33(3,4)48-34)18-44-49(38,39)36-11-6-10-35-29-23-16-37-12-9-21-14-26-27(42-19-41-26)15-22(21)24(37)13-20(23)7-8-25(29)40-5/h7-8,13-16,28,30-31,36H,6,9-12,17-19H2,1-5H3/p+1/t28-,30-,31+,34+/m1/s1. The normalized spacial score (nSPS) is 27.3. The van der Waals surface area contributed by atoms with Gasteiger partial charge in [-0.15, -0.1) is 0 Å². The Morgan fingerprint density at radius 3 is 2.63 bits per heavy atom. The fourth-order valence-electron chi connectivity index (χ4n) is 7.42. The molecule has 49 heavy (non-hydrogen) atoms. The van der Waals surface area contributed by atoms with E-state index in [9.17, 15) is 8.42 Å². The van der Waals surface area contributed by atoms with Crippen molar-refractivity contribution >= 4 is 26.8 Å². The molecule has 3 saturated heterocycles. The number of aryl methyl sites for hydroxylation is 2. The highest BCUT2D eigenvalue weighted by Crippen LogP contribution is 2.48. The summed E-state index contributed by atoms with van der Waals surface area (Å²) in [5.74, 6) is -1.10. The molecule has 4 atom stereocenters. The van der Waals surface area contributed by atoms with E-state index in [1.807, 2.05) is 26.0 Å². The summed E-state index contributed by atoms with van der Waals surface area (Å²) in [5.41, 5.74) is 4.31. The van der Waals surface area contributed by atoms with Crippen molar-refractivity contribution in [2.75, 3.05) is 45.5 Å². The maximum Gasteiger partial charge on any atom is 0.336 e. The molecular weight excluding hydrogens is 658 g/mol. The maximum absolute atomic E-state index is 12.9. The van der Waals surface area contributed by atoms with Gasteiger partial charge in [0.05, 0.1) is 30.4 Å². The second kappa shape index (κ2) is 11.9. The first-order valence-corrected chi connectivity index (χ1v) is 18.0. The van der Waals surface area contributed by atoms with Crippen molar-refractivity contribution in [2.24, 2.45) is 0 Å². The van der Waals surface area contributed by atoms with Crippen LogP contribution in [0.25, 0.3) is 22.0 Å². The Bertz CT molecular complexity index is 1900. The number of fused-ring (bicyclic) bond motifs is 8. The molecule has 0 amide bonds. The molecule has 5 aliphatic rings. The highest BCUT2D eigenvalue weighted by atomic mass is 32.2. The van der Waals surface area contributed by atoms with Crippen LogP contribution in [0.3, 0.4) is 0 Å². The van der Waals surface area contributed by atoms with Crippen molar-refractivity contribution in [3.63, 3.8) is 0 Å². The Hall–Kier alpha value is -3.28. The predicted molar refractivity (Wildman–Crippen MR) is 174 cm³/mol. The average molecular weight is 701 g/mol. The van der Waals surface area contributed by atoms with E-state index >= 15 is 0 Å². The average Bonchev–Trinajstić information content (AvgIpc) is 3.73. The SMILES string of the molecule is COc1ccc2cc3[n+](cc2c1NCCCNS(=O)(=O)OC[C@@]12OC[C@H]4OC(C)(C)O[C@H]4[C@@H]1OC(C)(C)O2)CCc1cc2c(cc1-3)OCO2. The van der Waals surface area contributed by atoms with Crippen molar-refractivity contribution in [1.29, 1.82) is 0 Å². The van der Waals surface area contributed by atoms with E-state index in [-0.39, 0.29) is 26.0 Å². The van der Waals surface area contributed by atoms with Gasteiger partial charge in [-0.05, 0) is 63.3 Å². The molecule has 5 aliphatic heterocycles. The molecule has 0 unspecified atom stereocenters. The molecule has 3 aromatic rings. The van der Waals surface area contributed by atoms with Crippen LogP contribution in [0.5, 0.6) is 17.2 Å². The van der Waals surface area contributed by atoms with Crippen LogP contribution in [0.15, 0.2) is 36.5 Å². The molecule has 0 saturated carbocycles. The zero-order valence-electron chi connectivity index (χ0n) is 28.2. The summed E-state index contributed by atoms with van der Waals surface area (Å²) in [6.07, 6.45) is 1.85. The van der Waals surface area contributed by atoms with Gasteiger partial charge in [-0.2, -0.15) is 17.7 Å². The first kappa shape index (κ1) is 32.9. The van der Waals surface area contributed by atoms with Crippen LogP contribution >= 0.6 is 0 Å². The summed E-state index contributed by atoms with van der Waals surface area (Å²) in [7, 11) is -2.51. The third kappa shape index (κ3) is 6.09. The zero-order chi connectivity index (χ0) is 34.2. The van der Waals surface area contributed by atoms with Gasteiger partial charge in [0.25, 0.3) is 0 Å². The lowest BCUT2D eigenvalue weighted by molar-refractivity contribution is -0.686. The quantitative estimate of drug-likeness (QED) is 0.237. The van der Waals surface area contributed by atoms with Gasteiger partial charge in [0.2, 0.25) is 18.3 Å². The minimum Gasteiger partial charge on any atom is -0.495 e. The van der Waals surface area contributed by atoms with E-state index in [4.69, 9.17) is 42.1 Å². The molecule has 8 rings (SSSR count). The fraction of sp³-hybridized carbons (Fsp3) is 0.559. The fourth-order valence-corrected chi connectivity index (χ4v) is 8.22. The number of hydrogen-bond donors (Lipinski definition) is 2. The largest absolute Gasteiger partial charge is 0.495 e. The molecule has 264 valence electrons. The van der Waals surface area contributed by atoms with Gasteiger partial charge in [0, 0.05) is 25.6 Å². The summed E-state index contributed by atoms with van der Waals surface area (Å²) < 4.78 is 83.3. The number of pyridine rings is 1. The van der Waals surface area contributed by atoms with Gasteiger partial charge < -0.3 is 43.2 Å². The first-order valence-electron chi connectivity index (χ1n) is 16.6. The number of nitrogens with zero attached hydrogens (tertiary/aromatic N) is 1. The lowest BCUT2D eigenvalue weighted by atomic mass is 9.95. The Morgan fingerprint density at radius 2 is 1.82 bits per heavy atom. The summed E-state index contributed by atoms with van der Waals surface area (Å²) in [5, 5.41) is 5.52. The topological polar surface area (TPSA) is 145 Å². The minimum absolute atomic E-state index is 0.134. The second-order valence-electron chi connectivity index (χ2n) is 13.8. The molecule has 15 heteroatoms. The maximum atomic E-state index is 12.9. The monoisotopic (exact) mass is 700 g/mol. The Kier molecular flexibility index (Phi) is 8.00. The Labute approximate surface area is 285 Å². The van der Waals surface area contributed by atoms with Crippen LogP contribution in [0.2, 0.25) is 0 Å². The van der Waals surface area contributed by atoms with Gasteiger partial charge in [0.15, 0.2) is 35.8 Å². The van der Waals surface area contributed by atoms with Crippen LogP contribution in [0, 0.1) is 0 Å². The van der Waals surface area contributed by atoms with E-state index in [0.717, 1.165) is 52.2 Å². The first-order chi connectivity index (χ1) is 23.3. The molecule has 14 nitrogen and oxygen atoms in total. The summed E-state index contributed by atoms with van der Waals surface area (Å²) >= 11 is 0. The van der Waals surface area contributed by atoms with Gasteiger partial charge in [0.1, 0.15) is 30.7 Å². The molecule has 3 fully saturated rings. The summed E-state index contributed by atoms with van der Waals surface area (Å²) in [4.78, 5) is 0. The van der Waals surface area contributed by atoms with Gasteiger partial charge in [-0.1, -0.05) is 6.07 Å². The number of rotatable bonds is 10. The van der Waals surface area contributed by atoms with Crippen molar-refractivity contribution in [2.45, 2.75) is 82.8 Å². The van der Waals surface area contributed by atoms with Crippen molar-refractivity contribution in [3.05, 3.63) is 42.1 Å². The van der Waals surface area contributed by atoms with Crippen molar-refractivity contribution in [1.82, 2.24) is 4.72 Å². The predicted octanol–water partition coefficient (Wildman–Crippen LogP) is 3.14. The molecular formula is C34H42N3O11S+. The van der Waals surface area contributed by atoms with Gasteiger partial charge >= 0.3 is 10.3 Å². The highest BCUT2D eigenvalue weighted by molar-refractivity contribution is 7.84.